The highest BCUT2D eigenvalue weighted by molar-refractivity contribution is 9.10. The van der Waals surface area contributed by atoms with Gasteiger partial charge in [0.15, 0.2) is 11.5 Å². The Bertz CT molecular complexity index is 1380. The van der Waals surface area contributed by atoms with Crippen molar-refractivity contribution < 1.29 is 23.8 Å². The van der Waals surface area contributed by atoms with Crippen molar-refractivity contribution in [3.8, 4) is 17.2 Å². The third-order valence-electron chi connectivity index (χ3n) is 5.59. The minimum Gasteiger partial charge on any atom is -0.488 e. The fourth-order valence-corrected chi connectivity index (χ4v) is 4.37. The average molecular weight is 621 g/mol. The molecule has 1 heterocycles. The second kappa shape index (κ2) is 12.5. The fraction of sp³-hybridized carbons (Fsp3) is 0.222. The van der Waals surface area contributed by atoms with E-state index in [4.69, 9.17) is 37.4 Å². The number of nitrogens with one attached hydrogen (secondary N) is 2. The number of ether oxygens (including phenoxy) is 3. The molecule has 1 aliphatic rings. The van der Waals surface area contributed by atoms with Crippen molar-refractivity contribution in [1.29, 1.82) is 0 Å². The van der Waals surface area contributed by atoms with Crippen LogP contribution in [0.5, 0.6) is 17.2 Å². The highest BCUT2D eigenvalue weighted by Gasteiger charge is 2.25. The first-order chi connectivity index (χ1) is 18.2. The molecule has 0 bridgehead atoms. The molecule has 0 fully saturated rings. The molecule has 198 valence electrons. The third-order valence-corrected chi connectivity index (χ3v) is 6.95. The summed E-state index contributed by atoms with van der Waals surface area (Å²) in [5, 5.41) is 7.77. The molecular formula is C27H24BrCl2N3O5. The van der Waals surface area contributed by atoms with Crippen molar-refractivity contribution in [3.63, 3.8) is 0 Å². The summed E-state index contributed by atoms with van der Waals surface area (Å²) in [7, 11) is 0. The Morgan fingerprint density at radius 3 is 2.58 bits per heavy atom. The summed E-state index contributed by atoms with van der Waals surface area (Å²) >= 11 is 15.5. The predicted octanol–water partition coefficient (Wildman–Crippen LogP) is 5.97. The van der Waals surface area contributed by atoms with Crippen LogP contribution in [-0.4, -0.2) is 30.9 Å². The van der Waals surface area contributed by atoms with Crippen molar-refractivity contribution in [2.24, 2.45) is 11.0 Å². The Labute approximate surface area is 238 Å². The molecule has 2 N–H and O–H groups in total. The standard InChI is InChI=1S/C27H24BrCl2N3O5/c1-15(2)25(32-26(34)18-5-8-23-24(11-18)38-14-37-23)27(35)33-31-12-16-4-7-22(19(28)9-16)36-13-17-3-6-20(29)21(30)10-17/h3-12,15,25H,13-14H2,1-2H3,(H,32,34)(H,33,35)/b31-12+. The van der Waals surface area contributed by atoms with Crippen LogP contribution in [0.3, 0.4) is 0 Å². The van der Waals surface area contributed by atoms with E-state index >= 15 is 0 Å². The minimum atomic E-state index is -0.797. The summed E-state index contributed by atoms with van der Waals surface area (Å²) < 4.78 is 17.2. The van der Waals surface area contributed by atoms with E-state index in [-0.39, 0.29) is 12.7 Å². The maximum atomic E-state index is 12.8. The molecule has 3 aromatic rings. The zero-order valence-electron chi connectivity index (χ0n) is 20.5. The second-order valence-corrected chi connectivity index (χ2v) is 10.4. The van der Waals surface area contributed by atoms with Gasteiger partial charge in [0.05, 0.1) is 20.7 Å². The van der Waals surface area contributed by atoms with Crippen LogP contribution in [0.25, 0.3) is 0 Å². The minimum absolute atomic E-state index is 0.112. The number of hydrogen-bond donors (Lipinski definition) is 2. The normalized spacial score (nSPS) is 13.0. The van der Waals surface area contributed by atoms with E-state index in [1.54, 1.807) is 48.5 Å². The lowest BCUT2D eigenvalue weighted by atomic mass is 10.0. The highest BCUT2D eigenvalue weighted by Crippen LogP contribution is 2.32. The molecular weight excluding hydrogens is 597 g/mol. The zero-order chi connectivity index (χ0) is 27.2. The van der Waals surface area contributed by atoms with E-state index < -0.39 is 17.9 Å². The van der Waals surface area contributed by atoms with Crippen LogP contribution in [0, 0.1) is 5.92 Å². The summed E-state index contributed by atoms with van der Waals surface area (Å²) in [5.41, 5.74) is 4.47. The van der Waals surface area contributed by atoms with Crippen molar-refractivity contribution >= 4 is 57.2 Å². The summed E-state index contributed by atoms with van der Waals surface area (Å²) in [6, 6.07) is 14.8. The lowest BCUT2D eigenvalue weighted by Gasteiger charge is -2.20. The molecule has 0 radical (unpaired) electrons. The Kier molecular flexibility index (Phi) is 9.14. The number of hydrogen-bond acceptors (Lipinski definition) is 6. The van der Waals surface area contributed by atoms with Crippen molar-refractivity contribution in [2.75, 3.05) is 6.79 Å². The van der Waals surface area contributed by atoms with Crippen molar-refractivity contribution in [1.82, 2.24) is 10.7 Å². The highest BCUT2D eigenvalue weighted by atomic mass is 79.9. The van der Waals surface area contributed by atoms with E-state index in [9.17, 15) is 9.59 Å². The molecule has 8 nitrogen and oxygen atoms in total. The number of hydrazone groups is 1. The van der Waals surface area contributed by atoms with E-state index in [1.807, 2.05) is 19.9 Å². The number of carbonyl (C=O) groups excluding carboxylic acids is 2. The Morgan fingerprint density at radius 2 is 1.84 bits per heavy atom. The monoisotopic (exact) mass is 619 g/mol. The number of benzene rings is 3. The smallest absolute Gasteiger partial charge is 0.262 e. The van der Waals surface area contributed by atoms with E-state index in [1.165, 1.54) is 6.21 Å². The maximum Gasteiger partial charge on any atom is 0.262 e. The average Bonchev–Trinajstić information content (AvgIpc) is 3.36. The molecule has 0 aromatic heterocycles. The first kappa shape index (κ1) is 27.8. The molecule has 3 aromatic carbocycles. The lowest BCUT2D eigenvalue weighted by Crippen LogP contribution is -2.48. The number of halogens is 3. The van der Waals surface area contributed by atoms with Gasteiger partial charge in [-0.05, 0) is 81.5 Å². The molecule has 0 aliphatic carbocycles. The van der Waals surface area contributed by atoms with Gasteiger partial charge in [0.2, 0.25) is 6.79 Å². The zero-order valence-corrected chi connectivity index (χ0v) is 23.6. The Morgan fingerprint density at radius 1 is 1.05 bits per heavy atom. The van der Waals surface area contributed by atoms with E-state index in [2.05, 4.69) is 31.8 Å². The molecule has 2 amide bonds. The third kappa shape index (κ3) is 6.98. The van der Waals surface area contributed by atoms with Crippen LogP contribution in [0.1, 0.15) is 35.3 Å². The molecule has 11 heteroatoms. The fourth-order valence-electron chi connectivity index (χ4n) is 3.54. The first-order valence-electron chi connectivity index (χ1n) is 11.6. The van der Waals surface area contributed by atoms with Gasteiger partial charge in [0, 0.05) is 5.56 Å². The van der Waals surface area contributed by atoms with E-state index in [0.717, 1.165) is 11.1 Å². The number of carbonyl (C=O) groups is 2. The molecule has 1 aliphatic heterocycles. The maximum absolute atomic E-state index is 12.8. The molecule has 1 unspecified atom stereocenters. The summed E-state index contributed by atoms with van der Waals surface area (Å²) in [6.07, 6.45) is 1.50. The van der Waals surface area contributed by atoms with Gasteiger partial charge in [-0.1, -0.05) is 43.1 Å². The van der Waals surface area contributed by atoms with Gasteiger partial charge in [-0.3, -0.25) is 9.59 Å². The Balaban J connectivity index is 1.33. The van der Waals surface area contributed by atoms with E-state index in [0.29, 0.717) is 43.9 Å². The van der Waals surface area contributed by atoms with Gasteiger partial charge in [0.25, 0.3) is 11.8 Å². The topological polar surface area (TPSA) is 98.2 Å². The first-order valence-corrected chi connectivity index (χ1v) is 13.2. The predicted molar refractivity (Wildman–Crippen MR) is 149 cm³/mol. The van der Waals surface area contributed by atoms with Crippen LogP contribution in [0.15, 0.2) is 64.2 Å². The van der Waals surface area contributed by atoms with Gasteiger partial charge in [-0.2, -0.15) is 5.10 Å². The van der Waals surface area contributed by atoms with Crippen LogP contribution >= 0.6 is 39.1 Å². The molecule has 1 atom stereocenters. The van der Waals surface area contributed by atoms with Gasteiger partial charge >= 0.3 is 0 Å². The van der Waals surface area contributed by atoms with Crippen LogP contribution in [-0.2, 0) is 11.4 Å². The summed E-state index contributed by atoms with van der Waals surface area (Å²) in [6.45, 7) is 4.09. The van der Waals surface area contributed by atoms with Crippen molar-refractivity contribution in [2.45, 2.75) is 26.5 Å². The largest absolute Gasteiger partial charge is 0.488 e. The number of amides is 2. The van der Waals surface area contributed by atoms with Gasteiger partial charge < -0.3 is 19.5 Å². The van der Waals surface area contributed by atoms with Gasteiger partial charge in [-0.15, -0.1) is 0 Å². The van der Waals surface area contributed by atoms with Crippen LogP contribution in [0.4, 0.5) is 0 Å². The van der Waals surface area contributed by atoms with Crippen LogP contribution < -0.4 is 25.0 Å². The second-order valence-electron chi connectivity index (χ2n) is 8.72. The molecule has 0 saturated heterocycles. The summed E-state index contributed by atoms with van der Waals surface area (Å²) in [5.74, 6) is 0.677. The van der Waals surface area contributed by atoms with Crippen molar-refractivity contribution in [3.05, 3.63) is 85.8 Å². The lowest BCUT2D eigenvalue weighted by molar-refractivity contribution is -0.123. The SMILES string of the molecule is CC(C)C(NC(=O)c1ccc2c(c1)OCO2)C(=O)N/N=C/c1ccc(OCc2ccc(Cl)c(Cl)c2)c(Br)c1. The van der Waals surface area contributed by atoms with Gasteiger partial charge in [0.1, 0.15) is 18.4 Å². The molecule has 0 spiro atoms. The molecule has 4 rings (SSSR count). The quantitative estimate of drug-likeness (QED) is 0.227. The number of fused-ring (bicyclic) bond motifs is 1. The molecule has 0 saturated carbocycles. The number of nitrogens with zero attached hydrogens (tertiary/aromatic N) is 1. The molecule has 38 heavy (non-hydrogen) atoms. The van der Waals surface area contributed by atoms with Gasteiger partial charge in [-0.25, -0.2) is 5.43 Å². The summed E-state index contributed by atoms with van der Waals surface area (Å²) in [4.78, 5) is 25.5. The Hall–Kier alpha value is -3.27. The number of rotatable bonds is 9. The van der Waals surface area contributed by atoms with Crippen LogP contribution in [0.2, 0.25) is 10.0 Å².